The third-order valence-electron chi connectivity index (χ3n) is 3.44. The molecule has 0 spiro atoms. The Labute approximate surface area is 136 Å². The minimum absolute atomic E-state index is 0.124. The summed E-state index contributed by atoms with van der Waals surface area (Å²) in [5.74, 6) is -1.40. The number of furan rings is 1. The van der Waals surface area contributed by atoms with Gasteiger partial charge in [-0.25, -0.2) is 0 Å². The number of rotatable bonds is 4. The number of nitrogens with one attached hydrogen (secondary N) is 2. The van der Waals surface area contributed by atoms with Crippen molar-refractivity contribution in [1.29, 1.82) is 0 Å². The van der Waals surface area contributed by atoms with Crippen molar-refractivity contribution in [3.05, 3.63) is 48.4 Å². The van der Waals surface area contributed by atoms with Gasteiger partial charge in [-0.15, -0.1) is 0 Å². The number of hydrogen-bond acceptors (Lipinski definition) is 6. The quantitative estimate of drug-likeness (QED) is 0.623. The summed E-state index contributed by atoms with van der Waals surface area (Å²) in [5, 5.41) is 19.4. The van der Waals surface area contributed by atoms with E-state index in [9.17, 15) is 14.7 Å². The molecule has 0 saturated carbocycles. The number of nitrogens with zero attached hydrogens (tertiary/aromatic N) is 1. The van der Waals surface area contributed by atoms with Crippen LogP contribution in [0.15, 0.2) is 51.6 Å². The molecule has 0 radical (unpaired) electrons. The molecule has 0 saturated heterocycles. The predicted molar refractivity (Wildman–Crippen MR) is 83.9 cm³/mol. The lowest BCUT2D eigenvalue weighted by Gasteiger charge is -2.20. The number of carbonyl (C=O) groups is 2. The van der Waals surface area contributed by atoms with Gasteiger partial charge >= 0.3 is 11.8 Å². The van der Waals surface area contributed by atoms with Crippen LogP contribution in [0.5, 0.6) is 0 Å². The first-order valence-corrected chi connectivity index (χ1v) is 7.17. The number of hydrogen-bond donors (Lipinski definition) is 3. The Morgan fingerprint density at radius 3 is 2.75 bits per heavy atom. The fourth-order valence-corrected chi connectivity index (χ4v) is 2.12. The third kappa shape index (κ3) is 3.28. The first kappa shape index (κ1) is 15.8. The molecule has 0 aliphatic carbocycles. The molecule has 0 bridgehead atoms. The molecule has 2 amide bonds. The lowest BCUT2D eigenvalue weighted by molar-refractivity contribution is -0.136. The van der Waals surface area contributed by atoms with Crippen LogP contribution in [0.4, 0.5) is 5.82 Å². The molecule has 0 fully saturated rings. The number of anilines is 1. The first-order valence-electron chi connectivity index (χ1n) is 7.17. The van der Waals surface area contributed by atoms with Gasteiger partial charge in [-0.05, 0) is 19.1 Å². The molecule has 1 aromatic carbocycles. The molecule has 2 heterocycles. The van der Waals surface area contributed by atoms with E-state index in [1.807, 2.05) is 18.2 Å². The van der Waals surface area contributed by atoms with Crippen molar-refractivity contribution >= 4 is 28.6 Å². The number of aromatic nitrogens is 1. The molecule has 3 aromatic rings. The Hall–Kier alpha value is -3.13. The fraction of sp³-hybridized carbons (Fsp3) is 0.188. The van der Waals surface area contributed by atoms with Crippen LogP contribution in [0.1, 0.15) is 12.7 Å². The van der Waals surface area contributed by atoms with Crippen LogP contribution < -0.4 is 10.6 Å². The predicted octanol–water partition coefficient (Wildman–Crippen LogP) is 1.38. The molecule has 1 unspecified atom stereocenters. The van der Waals surface area contributed by atoms with E-state index in [-0.39, 0.29) is 12.4 Å². The van der Waals surface area contributed by atoms with E-state index >= 15 is 0 Å². The van der Waals surface area contributed by atoms with E-state index in [1.54, 1.807) is 12.1 Å². The van der Waals surface area contributed by atoms with E-state index in [4.69, 9.17) is 4.42 Å². The number of carbonyl (C=O) groups excluding carboxylic acids is 2. The maximum Gasteiger partial charge on any atom is 0.314 e. The van der Waals surface area contributed by atoms with Crippen molar-refractivity contribution in [2.24, 2.45) is 0 Å². The van der Waals surface area contributed by atoms with E-state index in [1.165, 1.54) is 19.3 Å². The molecule has 124 valence electrons. The van der Waals surface area contributed by atoms with Gasteiger partial charge in [-0.2, -0.15) is 0 Å². The topological polar surface area (TPSA) is 118 Å². The molecular formula is C16H15N3O5. The van der Waals surface area contributed by atoms with Crippen molar-refractivity contribution in [3.63, 3.8) is 0 Å². The average molecular weight is 329 g/mol. The summed E-state index contributed by atoms with van der Waals surface area (Å²) in [5.41, 5.74) is -0.842. The minimum atomic E-state index is -1.47. The highest BCUT2D eigenvalue weighted by molar-refractivity contribution is 6.39. The fourth-order valence-electron chi connectivity index (χ4n) is 2.12. The molecule has 3 N–H and O–H groups in total. The van der Waals surface area contributed by atoms with Crippen LogP contribution in [0, 0.1) is 0 Å². The van der Waals surface area contributed by atoms with Crippen molar-refractivity contribution in [2.45, 2.75) is 12.5 Å². The van der Waals surface area contributed by atoms with Crippen molar-refractivity contribution in [2.75, 3.05) is 11.9 Å². The van der Waals surface area contributed by atoms with Gasteiger partial charge in [0, 0.05) is 11.5 Å². The highest BCUT2D eigenvalue weighted by Crippen LogP contribution is 2.27. The van der Waals surface area contributed by atoms with Gasteiger partial charge in [0.15, 0.2) is 5.82 Å². The maximum absolute atomic E-state index is 11.8. The first-order chi connectivity index (χ1) is 11.5. The number of aliphatic hydroxyl groups is 1. The Balaban J connectivity index is 1.63. The number of para-hydroxylation sites is 1. The molecule has 24 heavy (non-hydrogen) atoms. The maximum atomic E-state index is 11.8. The molecule has 8 nitrogen and oxygen atoms in total. The van der Waals surface area contributed by atoms with Crippen LogP contribution in [0.2, 0.25) is 0 Å². The Bertz CT molecular complexity index is 834. The third-order valence-corrected chi connectivity index (χ3v) is 3.44. The van der Waals surface area contributed by atoms with Crippen molar-refractivity contribution in [1.82, 2.24) is 10.5 Å². The minimum Gasteiger partial charge on any atom is -0.458 e. The van der Waals surface area contributed by atoms with Gasteiger partial charge in [0.2, 0.25) is 0 Å². The Kier molecular flexibility index (Phi) is 4.05. The van der Waals surface area contributed by atoms with Gasteiger partial charge in [0.1, 0.15) is 23.2 Å². The Morgan fingerprint density at radius 2 is 2.04 bits per heavy atom. The summed E-state index contributed by atoms with van der Waals surface area (Å²) in [6, 6.07) is 10.4. The lowest BCUT2D eigenvalue weighted by Crippen LogP contribution is -2.43. The molecule has 1 atom stereocenters. The standard InChI is InChI=1S/C16H15N3O5/c1-16(22,12-8-10-4-2-3-5-11(10)24-12)9-17-14(20)15(21)18-13-6-7-23-19-13/h2-8,22H,9H2,1H3,(H,17,20)(H,18,19,21). The summed E-state index contributed by atoms with van der Waals surface area (Å²) in [6.07, 6.45) is 1.26. The van der Waals surface area contributed by atoms with Crippen LogP contribution in [-0.4, -0.2) is 28.6 Å². The summed E-state index contributed by atoms with van der Waals surface area (Å²) < 4.78 is 10.1. The summed E-state index contributed by atoms with van der Waals surface area (Å²) in [6.45, 7) is 1.29. The second-order valence-corrected chi connectivity index (χ2v) is 5.44. The Morgan fingerprint density at radius 1 is 1.25 bits per heavy atom. The van der Waals surface area contributed by atoms with Crippen LogP contribution in [-0.2, 0) is 15.2 Å². The van der Waals surface area contributed by atoms with Gasteiger partial charge < -0.3 is 19.4 Å². The smallest absolute Gasteiger partial charge is 0.314 e. The number of benzene rings is 1. The van der Waals surface area contributed by atoms with E-state index in [0.717, 1.165) is 5.39 Å². The highest BCUT2D eigenvalue weighted by Gasteiger charge is 2.29. The highest BCUT2D eigenvalue weighted by atomic mass is 16.5. The largest absolute Gasteiger partial charge is 0.458 e. The second-order valence-electron chi connectivity index (χ2n) is 5.44. The number of amides is 2. The SMILES string of the molecule is CC(O)(CNC(=O)C(=O)Nc1ccon1)c1cc2ccccc2o1. The zero-order valence-electron chi connectivity index (χ0n) is 12.8. The lowest BCUT2D eigenvalue weighted by atomic mass is 10.0. The zero-order valence-corrected chi connectivity index (χ0v) is 12.8. The monoisotopic (exact) mass is 329 g/mol. The van der Waals surface area contributed by atoms with Crippen LogP contribution in [0.3, 0.4) is 0 Å². The van der Waals surface area contributed by atoms with Crippen LogP contribution in [0.25, 0.3) is 11.0 Å². The second kappa shape index (κ2) is 6.17. The van der Waals surface area contributed by atoms with Crippen molar-refractivity contribution < 1.29 is 23.6 Å². The normalized spacial score (nSPS) is 13.4. The molecule has 0 aliphatic rings. The summed E-state index contributed by atoms with van der Waals surface area (Å²) in [4.78, 5) is 23.5. The van der Waals surface area contributed by atoms with E-state index in [2.05, 4.69) is 20.3 Å². The summed E-state index contributed by atoms with van der Waals surface area (Å²) in [7, 11) is 0. The van der Waals surface area contributed by atoms with E-state index < -0.39 is 17.4 Å². The molecular weight excluding hydrogens is 314 g/mol. The molecule has 3 rings (SSSR count). The van der Waals surface area contributed by atoms with Gasteiger partial charge in [-0.3, -0.25) is 14.9 Å². The van der Waals surface area contributed by atoms with Gasteiger partial charge in [0.25, 0.3) is 0 Å². The molecule has 8 heteroatoms. The summed E-state index contributed by atoms with van der Waals surface area (Å²) >= 11 is 0. The van der Waals surface area contributed by atoms with Gasteiger partial charge in [-0.1, -0.05) is 23.4 Å². The van der Waals surface area contributed by atoms with E-state index in [0.29, 0.717) is 11.3 Å². The molecule has 2 aromatic heterocycles. The van der Waals surface area contributed by atoms with Crippen LogP contribution >= 0.6 is 0 Å². The zero-order chi connectivity index (χ0) is 17.2. The van der Waals surface area contributed by atoms with Gasteiger partial charge in [0.05, 0.1) is 6.54 Å². The number of fused-ring (bicyclic) bond motifs is 1. The van der Waals surface area contributed by atoms with Crippen molar-refractivity contribution in [3.8, 4) is 0 Å². The average Bonchev–Trinajstić information content (AvgIpc) is 3.21. The molecule has 0 aliphatic heterocycles.